The second-order valence-corrected chi connectivity index (χ2v) is 5.59. The Bertz CT molecular complexity index is 588. The molecule has 0 saturated heterocycles. The van der Waals surface area contributed by atoms with Crippen LogP contribution in [-0.4, -0.2) is 14.2 Å². The maximum Gasteiger partial charge on any atom is 0.163 e. The van der Waals surface area contributed by atoms with Gasteiger partial charge in [0, 0.05) is 16.5 Å². The van der Waals surface area contributed by atoms with Crippen LogP contribution in [0.15, 0.2) is 24.3 Å². The highest BCUT2D eigenvalue weighted by Crippen LogP contribution is 2.36. The van der Waals surface area contributed by atoms with Crippen LogP contribution < -0.4 is 15.2 Å². The van der Waals surface area contributed by atoms with Crippen molar-refractivity contribution in [2.24, 2.45) is 5.73 Å². The van der Waals surface area contributed by atoms with Crippen molar-refractivity contribution in [3.63, 3.8) is 0 Å². The zero-order valence-electron chi connectivity index (χ0n) is 10.4. The van der Waals surface area contributed by atoms with Crippen molar-refractivity contribution in [3.05, 3.63) is 44.9 Å². The summed E-state index contributed by atoms with van der Waals surface area (Å²) in [5.41, 5.74) is 6.40. The molecule has 0 aliphatic heterocycles. The van der Waals surface area contributed by atoms with E-state index in [0.717, 1.165) is 4.88 Å². The second kappa shape index (κ2) is 5.77. The first-order valence-corrected chi connectivity index (χ1v) is 6.68. The zero-order valence-corrected chi connectivity index (χ0v) is 12.0. The first kappa shape index (κ1) is 14.1. The normalized spacial score (nSPS) is 12.3. The predicted molar refractivity (Wildman–Crippen MR) is 74.9 cm³/mol. The summed E-state index contributed by atoms with van der Waals surface area (Å²) in [6.07, 6.45) is 0. The van der Waals surface area contributed by atoms with E-state index in [1.54, 1.807) is 18.2 Å². The van der Waals surface area contributed by atoms with Gasteiger partial charge >= 0.3 is 0 Å². The van der Waals surface area contributed by atoms with Crippen molar-refractivity contribution in [2.75, 3.05) is 14.2 Å². The first-order chi connectivity index (χ1) is 9.06. The molecule has 0 saturated carbocycles. The molecule has 1 aromatic heterocycles. The summed E-state index contributed by atoms with van der Waals surface area (Å²) in [5, 5.41) is 0. The fourth-order valence-electron chi connectivity index (χ4n) is 1.76. The number of methoxy groups -OCH3 is 2. The van der Waals surface area contributed by atoms with Crippen molar-refractivity contribution in [2.45, 2.75) is 6.04 Å². The Morgan fingerprint density at radius 2 is 1.84 bits per heavy atom. The standard InChI is InChI=1S/C13H13ClFNO2S/c1-17-9-5-7(8(15)6-10(9)18-2)13(16)11-3-4-12(14)19-11/h3-6,13H,16H2,1-2H3. The third-order valence-electron chi connectivity index (χ3n) is 2.74. The smallest absolute Gasteiger partial charge is 0.163 e. The van der Waals surface area contributed by atoms with Gasteiger partial charge in [0.05, 0.1) is 24.6 Å². The van der Waals surface area contributed by atoms with Crippen molar-refractivity contribution >= 4 is 22.9 Å². The first-order valence-electron chi connectivity index (χ1n) is 5.49. The quantitative estimate of drug-likeness (QED) is 0.938. The van der Waals surface area contributed by atoms with E-state index < -0.39 is 11.9 Å². The molecule has 2 N–H and O–H groups in total. The monoisotopic (exact) mass is 301 g/mol. The lowest BCUT2D eigenvalue weighted by molar-refractivity contribution is 0.351. The molecule has 1 unspecified atom stereocenters. The molecule has 0 bridgehead atoms. The summed E-state index contributed by atoms with van der Waals surface area (Å²) >= 11 is 7.19. The second-order valence-electron chi connectivity index (χ2n) is 3.85. The van der Waals surface area contributed by atoms with Crippen LogP contribution >= 0.6 is 22.9 Å². The molecule has 6 heteroatoms. The van der Waals surface area contributed by atoms with Gasteiger partial charge in [0.2, 0.25) is 0 Å². The number of rotatable bonds is 4. The molecule has 0 aliphatic rings. The molecule has 19 heavy (non-hydrogen) atoms. The van der Waals surface area contributed by atoms with Crippen LogP contribution in [0.2, 0.25) is 4.34 Å². The Morgan fingerprint density at radius 3 is 2.37 bits per heavy atom. The Balaban J connectivity index is 2.44. The minimum absolute atomic E-state index is 0.333. The maximum atomic E-state index is 14.1. The number of ether oxygens (including phenoxy) is 2. The summed E-state index contributed by atoms with van der Waals surface area (Å²) in [6, 6.07) is 5.75. The Hall–Kier alpha value is -1.30. The number of hydrogen-bond donors (Lipinski definition) is 1. The van der Waals surface area contributed by atoms with Crippen LogP contribution in [0.25, 0.3) is 0 Å². The molecule has 1 heterocycles. The molecular weight excluding hydrogens is 289 g/mol. The van der Waals surface area contributed by atoms with E-state index in [1.807, 2.05) is 0 Å². The maximum absolute atomic E-state index is 14.1. The third kappa shape index (κ3) is 2.83. The lowest BCUT2D eigenvalue weighted by Crippen LogP contribution is -2.12. The van der Waals surface area contributed by atoms with Gasteiger partial charge in [0.15, 0.2) is 11.5 Å². The summed E-state index contributed by atoms with van der Waals surface area (Å²) in [5.74, 6) is 0.340. The molecule has 102 valence electrons. The number of halogens is 2. The van der Waals surface area contributed by atoms with E-state index in [1.165, 1.54) is 31.6 Å². The van der Waals surface area contributed by atoms with E-state index in [0.29, 0.717) is 21.4 Å². The van der Waals surface area contributed by atoms with Gasteiger partial charge in [-0.2, -0.15) is 0 Å². The predicted octanol–water partition coefficient (Wildman–Crippen LogP) is 3.61. The average molecular weight is 302 g/mol. The minimum Gasteiger partial charge on any atom is -0.493 e. The molecule has 0 aliphatic carbocycles. The molecule has 0 spiro atoms. The van der Waals surface area contributed by atoms with Gasteiger partial charge in [-0.15, -0.1) is 11.3 Å². The van der Waals surface area contributed by atoms with Gasteiger partial charge in [0.1, 0.15) is 5.82 Å². The van der Waals surface area contributed by atoms with Gasteiger partial charge in [0.25, 0.3) is 0 Å². The highest BCUT2D eigenvalue weighted by atomic mass is 35.5. The van der Waals surface area contributed by atoms with Gasteiger partial charge in [-0.25, -0.2) is 4.39 Å². The van der Waals surface area contributed by atoms with Crippen molar-refractivity contribution in [1.29, 1.82) is 0 Å². The van der Waals surface area contributed by atoms with Crippen molar-refractivity contribution in [1.82, 2.24) is 0 Å². The van der Waals surface area contributed by atoms with Gasteiger partial charge < -0.3 is 15.2 Å². The Kier molecular flexibility index (Phi) is 4.29. The molecule has 0 radical (unpaired) electrons. The zero-order chi connectivity index (χ0) is 14.0. The largest absolute Gasteiger partial charge is 0.493 e. The van der Waals surface area contributed by atoms with Crippen LogP contribution in [0.4, 0.5) is 4.39 Å². The van der Waals surface area contributed by atoms with Crippen LogP contribution in [0, 0.1) is 5.82 Å². The summed E-state index contributed by atoms with van der Waals surface area (Å²) < 4.78 is 24.9. The number of benzene rings is 1. The van der Waals surface area contributed by atoms with Gasteiger partial charge in [-0.05, 0) is 18.2 Å². The van der Waals surface area contributed by atoms with Crippen molar-refractivity contribution < 1.29 is 13.9 Å². The molecule has 0 amide bonds. The molecule has 0 fully saturated rings. The van der Waals surface area contributed by atoms with E-state index in [-0.39, 0.29) is 0 Å². The van der Waals surface area contributed by atoms with Crippen LogP contribution in [0.1, 0.15) is 16.5 Å². The summed E-state index contributed by atoms with van der Waals surface area (Å²) in [7, 11) is 2.95. The highest BCUT2D eigenvalue weighted by molar-refractivity contribution is 7.16. The van der Waals surface area contributed by atoms with E-state index in [9.17, 15) is 4.39 Å². The van der Waals surface area contributed by atoms with Gasteiger partial charge in [-0.3, -0.25) is 0 Å². The Labute approximate surface area is 119 Å². The van der Waals surface area contributed by atoms with E-state index >= 15 is 0 Å². The summed E-state index contributed by atoms with van der Waals surface area (Å²) in [4.78, 5) is 0.788. The molecular formula is C13H13ClFNO2S. The number of nitrogens with two attached hydrogens (primary N) is 1. The van der Waals surface area contributed by atoms with Gasteiger partial charge in [-0.1, -0.05) is 11.6 Å². The van der Waals surface area contributed by atoms with Crippen LogP contribution in [-0.2, 0) is 0 Å². The molecule has 2 aromatic rings. The molecule has 1 aromatic carbocycles. The lowest BCUT2D eigenvalue weighted by Gasteiger charge is -2.15. The lowest BCUT2D eigenvalue weighted by atomic mass is 10.0. The molecule has 2 rings (SSSR count). The fraction of sp³-hybridized carbons (Fsp3) is 0.231. The molecule has 1 atom stereocenters. The van der Waals surface area contributed by atoms with Crippen LogP contribution in [0.5, 0.6) is 11.5 Å². The third-order valence-corrected chi connectivity index (χ3v) is 4.05. The summed E-state index contributed by atoms with van der Waals surface area (Å²) in [6.45, 7) is 0. The fourth-order valence-corrected chi connectivity index (χ4v) is 2.84. The van der Waals surface area contributed by atoms with E-state index in [2.05, 4.69) is 0 Å². The van der Waals surface area contributed by atoms with Crippen molar-refractivity contribution in [3.8, 4) is 11.5 Å². The minimum atomic E-state index is -0.586. The Morgan fingerprint density at radius 1 is 1.21 bits per heavy atom. The van der Waals surface area contributed by atoms with Crippen LogP contribution in [0.3, 0.4) is 0 Å². The molecule has 3 nitrogen and oxygen atoms in total. The average Bonchev–Trinajstić information content (AvgIpc) is 2.84. The SMILES string of the molecule is COc1cc(F)c(C(N)c2ccc(Cl)s2)cc1OC. The number of thiophene rings is 1. The highest BCUT2D eigenvalue weighted by Gasteiger charge is 2.19. The topological polar surface area (TPSA) is 44.5 Å². The van der Waals surface area contributed by atoms with E-state index in [4.69, 9.17) is 26.8 Å². The number of hydrogen-bond acceptors (Lipinski definition) is 4.